The Morgan fingerprint density at radius 3 is 2.11 bits per heavy atom. The van der Waals surface area contributed by atoms with Crippen molar-refractivity contribution in [1.82, 2.24) is 0 Å². The summed E-state index contributed by atoms with van der Waals surface area (Å²) in [7, 11) is -4.02. The molecule has 0 saturated carbocycles. The van der Waals surface area contributed by atoms with Crippen molar-refractivity contribution in [3.63, 3.8) is 0 Å². The van der Waals surface area contributed by atoms with Gasteiger partial charge in [0.25, 0.3) is 10.1 Å². The van der Waals surface area contributed by atoms with Crippen LogP contribution in [0.2, 0.25) is 0 Å². The summed E-state index contributed by atoms with van der Waals surface area (Å²) in [4.78, 5) is 10.3. The van der Waals surface area contributed by atoms with Crippen molar-refractivity contribution >= 4 is 16.1 Å². The van der Waals surface area contributed by atoms with Crippen molar-refractivity contribution in [2.45, 2.75) is 31.7 Å². The lowest BCUT2D eigenvalue weighted by Crippen LogP contribution is -2.28. The number of nitrogens with two attached hydrogens (primary N) is 1. The van der Waals surface area contributed by atoms with Crippen LogP contribution in [-0.2, 0) is 19.6 Å². The van der Waals surface area contributed by atoms with E-state index < -0.39 is 16.2 Å². The molecule has 0 fully saturated rings. The van der Waals surface area contributed by atoms with Crippen LogP contribution in [0.5, 0.6) is 0 Å². The average Bonchev–Trinajstić information content (AvgIpc) is 2.29. The van der Waals surface area contributed by atoms with Crippen LogP contribution in [0.3, 0.4) is 0 Å². The number of ether oxygens (including phenoxy) is 1. The summed E-state index contributed by atoms with van der Waals surface area (Å²) in [6.07, 6.45) is 0. The molecule has 0 aromatic heterocycles. The summed E-state index contributed by atoms with van der Waals surface area (Å²) in [6.45, 7) is 5.59. The largest absolute Gasteiger partial charge is 0.465 e. The van der Waals surface area contributed by atoms with Crippen molar-refractivity contribution in [3.05, 3.63) is 29.8 Å². The van der Waals surface area contributed by atoms with Gasteiger partial charge in [-0.2, -0.15) is 8.42 Å². The molecule has 0 aliphatic heterocycles. The van der Waals surface area contributed by atoms with Gasteiger partial charge in [-0.25, -0.2) is 0 Å². The number of benzene rings is 1. The highest BCUT2D eigenvalue weighted by molar-refractivity contribution is 7.85. The van der Waals surface area contributed by atoms with E-state index in [2.05, 4.69) is 4.74 Å². The molecule has 0 amide bonds. The first kappa shape index (κ1) is 17.6. The maximum Gasteiger partial charge on any atom is 0.322 e. The minimum Gasteiger partial charge on any atom is -0.465 e. The third-order valence-electron chi connectivity index (χ3n) is 1.98. The first-order valence-corrected chi connectivity index (χ1v) is 7.08. The van der Waals surface area contributed by atoms with Crippen LogP contribution in [-0.4, -0.2) is 31.6 Å². The molecule has 3 N–H and O–H groups in total. The molecule has 19 heavy (non-hydrogen) atoms. The topological polar surface area (TPSA) is 107 Å². The van der Waals surface area contributed by atoms with E-state index >= 15 is 0 Å². The Morgan fingerprint density at radius 2 is 1.84 bits per heavy atom. The van der Waals surface area contributed by atoms with Gasteiger partial charge < -0.3 is 10.5 Å². The van der Waals surface area contributed by atoms with Gasteiger partial charge >= 0.3 is 5.97 Å². The minimum atomic E-state index is -4.02. The molecule has 1 rings (SSSR count). The summed E-state index contributed by atoms with van der Waals surface area (Å²) in [5.74, 6) is -0.340. The van der Waals surface area contributed by atoms with Crippen LogP contribution >= 0.6 is 0 Å². The third-order valence-corrected chi connectivity index (χ3v) is 2.85. The molecule has 1 aromatic rings. The van der Waals surface area contributed by atoms with Crippen molar-refractivity contribution < 1.29 is 22.5 Å². The minimum absolute atomic E-state index is 0.0666. The van der Waals surface area contributed by atoms with E-state index in [1.165, 1.54) is 12.1 Å². The zero-order valence-corrected chi connectivity index (χ0v) is 12.0. The highest BCUT2D eigenvalue weighted by Crippen LogP contribution is 2.08. The van der Waals surface area contributed by atoms with Gasteiger partial charge in [0, 0.05) is 0 Å². The molecule has 1 aromatic carbocycles. The molecule has 0 saturated heterocycles. The quantitative estimate of drug-likeness (QED) is 0.638. The first-order valence-electron chi connectivity index (χ1n) is 5.64. The lowest BCUT2D eigenvalue weighted by atomic mass is 10.2. The Morgan fingerprint density at radius 1 is 1.37 bits per heavy atom. The third kappa shape index (κ3) is 7.55. The fourth-order valence-corrected chi connectivity index (χ4v) is 1.46. The molecule has 0 spiro atoms. The Balaban J connectivity index is 0.000000362. The van der Waals surface area contributed by atoms with Gasteiger partial charge in [0.05, 0.1) is 11.5 Å². The molecular formula is C12H19NO5S. The smallest absolute Gasteiger partial charge is 0.322 e. The van der Waals surface area contributed by atoms with Gasteiger partial charge in [0.2, 0.25) is 0 Å². The Hall–Kier alpha value is -1.44. The number of esters is 1. The van der Waals surface area contributed by atoms with Gasteiger partial charge in [-0.15, -0.1) is 0 Å². The first-order chi connectivity index (χ1) is 8.68. The van der Waals surface area contributed by atoms with Crippen molar-refractivity contribution in [2.75, 3.05) is 6.61 Å². The second-order valence-electron chi connectivity index (χ2n) is 3.83. The fraction of sp³-hybridized carbons (Fsp3) is 0.417. The fourth-order valence-electron chi connectivity index (χ4n) is 0.984. The zero-order valence-electron chi connectivity index (χ0n) is 11.2. The van der Waals surface area contributed by atoms with E-state index in [4.69, 9.17) is 10.3 Å². The van der Waals surface area contributed by atoms with Crippen LogP contribution < -0.4 is 5.73 Å². The summed E-state index contributed by atoms with van der Waals surface area (Å²) in [5.41, 5.74) is 6.10. The van der Waals surface area contributed by atoms with E-state index in [0.717, 1.165) is 5.56 Å². The number of carbonyl (C=O) groups excluding carboxylic acids is 1. The Kier molecular flexibility index (Phi) is 7.28. The second-order valence-corrected chi connectivity index (χ2v) is 5.25. The molecule has 0 unspecified atom stereocenters. The number of aryl methyl sites for hydroxylation is 1. The molecule has 1 atom stereocenters. The Labute approximate surface area is 113 Å². The molecular weight excluding hydrogens is 270 g/mol. The number of carbonyl (C=O) groups is 1. The molecule has 0 bridgehead atoms. The summed E-state index contributed by atoms with van der Waals surface area (Å²) >= 11 is 0. The van der Waals surface area contributed by atoms with E-state index in [1.807, 2.05) is 6.92 Å². The molecule has 7 heteroatoms. The van der Waals surface area contributed by atoms with Crippen LogP contribution in [0, 0.1) is 6.92 Å². The van der Waals surface area contributed by atoms with Crippen molar-refractivity contribution in [2.24, 2.45) is 5.73 Å². The van der Waals surface area contributed by atoms with Crippen LogP contribution in [0.25, 0.3) is 0 Å². The summed E-state index contributed by atoms with van der Waals surface area (Å²) < 4.78 is 34.1. The molecule has 0 aliphatic carbocycles. The van der Waals surface area contributed by atoms with E-state index in [-0.39, 0.29) is 10.9 Å². The molecule has 108 valence electrons. The molecule has 0 aliphatic rings. The van der Waals surface area contributed by atoms with Gasteiger partial charge in [-0.3, -0.25) is 9.35 Å². The molecule has 0 heterocycles. The van der Waals surface area contributed by atoms with E-state index in [0.29, 0.717) is 6.61 Å². The zero-order chi connectivity index (χ0) is 15.1. The SMILES string of the molecule is CCOC(=O)[C@H](C)N.Cc1ccc(S(=O)(=O)O)cc1. The highest BCUT2D eigenvalue weighted by Gasteiger charge is 2.07. The van der Waals surface area contributed by atoms with Crippen molar-refractivity contribution in [3.8, 4) is 0 Å². The highest BCUT2D eigenvalue weighted by atomic mass is 32.2. The van der Waals surface area contributed by atoms with Crippen LogP contribution in [0.15, 0.2) is 29.2 Å². The van der Waals surface area contributed by atoms with Gasteiger partial charge in [0.1, 0.15) is 6.04 Å². The lowest BCUT2D eigenvalue weighted by Gasteiger charge is -2.02. The monoisotopic (exact) mass is 289 g/mol. The molecule has 0 radical (unpaired) electrons. The maximum absolute atomic E-state index is 10.5. The summed E-state index contributed by atoms with van der Waals surface area (Å²) in [5, 5.41) is 0. The predicted molar refractivity (Wildman–Crippen MR) is 71.3 cm³/mol. The Bertz CT molecular complexity index is 493. The predicted octanol–water partition coefficient (Wildman–Crippen LogP) is 1.14. The average molecular weight is 289 g/mol. The van der Waals surface area contributed by atoms with Gasteiger partial charge in [-0.1, -0.05) is 17.7 Å². The van der Waals surface area contributed by atoms with E-state index in [1.54, 1.807) is 26.0 Å². The number of hydrogen-bond acceptors (Lipinski definition) is 5. The number of rotatable bonds is 3. The lowest BCUT2D eigenvalue weighted by molar-refractivity contribution is -0.144. The maximum atomic E-state index is 10.5. The van der Waals surface area contributed by atoms with Crippen LogP contribution in [0.1, 0.15) is 19.4 Å². The van der Waals surface area contributed by atoms with Gasteiger partial charge in [-0.05, 0) is 32.9 Å². The standard InChI is InChI=1S/C7H8O3S.C5H11NO2/c1-6-2-4-7(5-3-6)11(8,9)10;1-3-8-5(7)4(2)6/h2-5H,1H3,(H,8,9,10);4H,3,6H2,1-2H3/t;4-/m.0/s1. The molecule has 6 nitrogen and oxygen atoms in total. The number of hydrogen-bond donors (Lipinski definition) is 2. The second kappa shape index (κ2) is 7.88. The summed E-state index contributed by atoms with van der Waals surface area (Å²) in [6, 6.07) is 5.50. The van der Waals surface area contributed by atoms with E-state index in [9.17, 15) is 13.2 Å². The normalized spacial score (nSPS) is 12.1. The van der Waals surface area contributed by atoms with Crippen LogP contribution in [0.4, 0.5) is 0 Å². The van der Waals surface area contributed by atoms with Crippen molar-refractivity contribution in [1.29, 1.82) is 0 Å². The van der Waals surface area contributed by atoms with Gasteiger partial charge in [0.15, 0.2) is 0 Å².